The van der Waals surface area contributed by atoms with Crippen LogP contribution < -0.4 is 0 Å². The van der Waals surface area contributed by atoms with Crippen molar-refractivity contribution in [2.45, 2.75) is 5.75 Å². The average Bonchev–Trinajstić information content (AvgIpc) is 2.08. The second-order valence-corrected chi connectivity index (χ2v) is 9.03. The van der Waals surface area contributed by atoms with Crippen LogP contribution >= 0.6 is 31.1 Å². The maximum absolute atomic E-state index is 5.83. The Labute approximate surface area is 96.1 Å². The molecule has 0 unspecified atom stereocenters. The van der Waals surface area contributed by atoms with Crippen LogP contribution in [0.2, 0.25) is 0 Å². The average molecular weight is 322 g/mol. The first-order valence-corrected chi connectivity index (χ1v) is 10.5. The summed E-state index contributed by atoms with van der Waals surface area (Å²) in [5, 5.41) is 0. The van der Waals surface area contributed by atoms with Gasteiger partial charge in [-0.25, -0.2) is 0 Å². The van der Waals surface area contributed by atoms with E-state index >= 15 is 0 Å². The molecular formula is C9H10Cl2RuS. The molecule has 4 heteroatoms. The van der Waals surface area contributed by atoms with Crippen molar-refractivity contribution in [1.82, 2.24) is 0 Å². The number of halogens is 2. The van der Waals surface area contributed by atoms with E-state index < -0.39 is 13.5 Å². The molecule has 13 heavy (non-hydrogen) atoms. The Bertz CT molecular complexity index is 308. The van der Waals surface area contributed by atoms with Crippen LogP contribution in [0, 0.1) is 0 Å². The van der Waals surface area contributed by atoms with Crippen LogP contribution in [0.1, 0.15) is 11.1 Å². The van der Waals surface area contributed by atoms with E-state index in [9.17, 15) is 0 Å². The van der Waals surface area contributed by atoms with Gasteiger partial charge in [-0.05, 0) is 0 Å². The van der Waals surface area contributed by atoms with Crippen molar-refractivity contribution in [1.29, 1.82) is 0 Å². The topological polar surface area (TPSA) is 0 Å². The third kappa shape index (κ3) is 4.12. The van der Waals surface area contributed by atoms with Gasteiger partial charge in [-0.3, -0.25) is 0 Å². The molecule has 0 aromatic heterocycles. The zero-order chi connectivity index (χ0) is 9.68. The molecule has 0 saturated heterocycles. The number of rotatable bonds is 3. The Hall–Kier alpha value is 0.643. The summed E-state index contributed by atoms with van der Waals surface area (Å²) in [7, 11) is 11.7. The van der Waals surface area contributed by atoms with Crippen LogP contribution in [0.5, 0.6) is 0 Å². The van der Waals surface area contributed by atoms with Crippen molar-refractivity contribution >= 4 is 35.8 Å². The first-order valence-electron chi connectivity index (χ1n) is 3.64. The molecule has 1 rings (SSSR count). The minimum absolute atomic E-state index is 1.02. The summed E-state index contributed by atoms with van der Waals surface area (Å²) in [5.74, 6) is 1.02. The van der Waals surface area contributed by atoms with Gasteiger partial charge in [0.1, 0.15) is 0 Å². The van der Waals surface area contributed by atoms with E-state index in [4.69, 9.17) is 19.4 Å². The quantitative estimate of drug-likeness (QED) is 0.766. The van der Waals surface area contributed by atoms with Crippen molar-refractivity contribution in [2.24, 2.45) is 0 Å². The van der Waals surface area contributed by atoms with Gasteiger partial charge in [-0.15, -0.1) is 0 Å². The number of thioether (sulfide) groups is 1. The maximum atomic E-state index is 5.83. The van der Waals surface area contributed by atoms with Gasteiger partial charge in [0, 0.05) is 0 Å². The van der Waals surface area contributed by atoms with E-state index in [0.29, 0.717) is 0 Å². The van der Waals surface area contributed by atoms with Crippen molar-refractivity contribution in [2.75, 3.05) is 6.26 Å². The molecule has 0 aliphatic carbocycles. The predicted octanol–water partition coefficient (Wildman–Crippen LogP) is 3.63. The normalized spacial score (nSPS) is 11.2. The predicted molar refractivity (Wildman–Crippen MR) is 60.5 cm³/mol. The zero-order valence-corrected chi connectivity index (χ0v) is 11.2. The molecule has 0 spiro atoms. The van der Waals surface area contributed by atoms with Gasteiger partial charge in [0.05, 0.1) is 0 Å². The molecule has 0 amide bonds. The minimum atomic E-state index is -1.68. The summed E-state index contributed by atoms with van der Waals surface area (Å²) in [6.07, 6.45) is 2.09. The van der Waals surface area contributed by atoms with Crippen LogP contribution in [0.4, 0.5) is 0 Å². The molecule has 0 nitrogen and oxygen atoms in total. The van der Waals surface area contributed by atoms with Crippen LogP contribution in [0.25, 0.3) is 0 Å². The molecule has 0 N–H and O–H groups in total. The summed E-state index contributed by atoms with van der Waals surface area (Å²) < 4.78 is 2.00. The van der Waals surface area contributed by atoms with Crippen LogP contribution in [-0.4, -0.2) is 10.9 Å². The van der Waals surface area contributed by atoms with Gasteiger partial charge in [0.25, 0.3) is 0 Å². The Morgan fingerprint density at radius 2 is 2.08 bits per heavy atom. The molecule has 0 atom stereocenters. The third-order valence-electron chi connectivity index (χ3n) is 1.54. The zero-order valence-electron chi connectivity index (χ0n) is 7.11. The van der Waals surface area contributed by atoms with E-state index in [0.717, 1.165) is 5.75 Å². The fraction of sp³-hybridized carbons (Fsp3) is 0.222. The summed E-state index contributed by atoms with van der Waals surface area (Å²) in [6, 6.07) is 8.24. The van der Waals surface area contributed by atoms with Gasteiger partial charge in [0.2, 0.25) is 0 Å². The van der Waals surface area contributed by atoms with E-state index in [1.165, 1.54) is 11.1 Å². The van der Waals surface area contributed by atoms with Crippen molar-refractivity contribution in [3.05, 3.63) is 35.4 Å². The molecule has 0 saturated carbocycles. The van der Waals surface area contributed by atoms with Gasteiger partial charge < -0.3 is 0 Å². The number of hydrogen-bond acceptors (Lipinski definition) is 1. The molecule has 0 radical (unpaired) electrons. The molecule has 0 bridgehead atoms. The number of hydrogen-bond donors (Lipinski definition) is 0. The Kier molecular flexibility index (Phi) is 5.58. The van der Waals surface area contributed by atoms with Crippen molar-refractivity contribution < 1.29 is 13.5 Å². The summed E-state index contributed by atoms with van der Waals surface area (Å²) >= 11 is 0.127. The first kappa shape index (κ1) is 11.7. The molecule has 0 aliphatic heterocycles. The van der Waals surface area contributed by atoms with Crippen LogP contribution in [0.3, 0.4) is 0 Å². The fourth-order valence-electron chi connectivity index (χ4n) is 1.00. The van der Waals surface area contributed by atoms with Gasteiger partial charge in [0.15, 0.2) is 0 Å². The third-order valence-corrected chi connectivity index (χ3v) is 3.97. The molecule has 0 fully saturated rings. The Balaban J connectivity index is 2.97. The Morgan fingerprint density at radius 1 is 1.38 bits per heavy atom. The van der Waals surface area contributed by atoms with E-state index in [2.05, 4.69) is 18.4 Å². The second kappa shape index (κ2) is 6.19. The van der Waals surface area contributed by atoms with Crippen LogP contribution in [-0.2, 0) is 19.3 Å². The van der Waals surface area contributed by atoms with Crippen molar-refractivity contribution in [3.63, 3.8) is 0 Å². The molecule has 1 aromatic carbocycles. The molecule has 0 aliphatic rings. The van der Waals surface area contributed by atoms with Crippen LogP contribution in [0.15, 0.2) is 24.3 Å². The van der Waals surface area contributed by atoms with Crippen molar-refractivity contribution in [3.8, 4) is 0 Å². The molecule has 74 valence electrons. The summed E-state index contributed by atoms with van der Waals surface area (Å²) in [5.41, 5.74) is 2.51. The van der Waals surface area contributed by atoms with E-state index in [-0.39, 0.29) is 0 Å². The molecule has 1 aromatic rings. The number of benzene rings is 1. The van der Waals surface area contributed by atoms with Gasteiger partial charge in [-0.2, -0.15) is 0 Å². The monoisotopic (exact) mass is 322 g/mol. The SMILES string of the molecule is CSCc1ccccc1[CH]=[Ru]([Cl])[Cl]. The molecular weight excluding hydrogens is 312 g/mol. The van der Waals surface area contributed by atoms with Gasteiger partial charge >= 0.3 is 96.7 Å². The summed E-state index contributed by atoms with van der Waals surface area (Å²) in [4.78, 5) is 0. The summed E-state index contributed by atoms with van der Waals surface area (Å²) in [6.45, 7) is 0. The molecule has 0 heterocycles. The van der Waals surface area contributed by atoms with E-state index in [1.54, 1.807) is 11.8 Å². The van der Waals surface area contributed by atoms with Gasteiger partial charge in [-0.1, -0.05) is 0 Å². The standard InChI is InChI=1S/C9H10S.2ClH.Ru/c1-8-5-3-4-6-9(8)7-10-2;;;/h1,3-6H,7H2,2H3;2*1H;/q;;;+2/p-2. The first-order chi connectivity index (χ1) is 6.24. The fourth-order valence-corrected chi connectivity index (χ4v) is 3.46. The van der Waals surface area contributed by atoms with E-state index in [1.807, 2.05) is 16.7 Å². The second-order valence-electron chi connectivity index (χ2n) is 2.44. The Morgan fingerprint density at radius 3 is 2.69 bits per heavy atom.